The summed E-state index contributed by atoms with van der Waals surface area (Å²) in [7, 11) is 2.17. The molecule has 0 saturated carbocycles. The second-order valence-electron chi connectivity index (χ2n) is 13.5. The van der Waals surface area contributed by atoms with Crippen molar-refractivity contribution in [3.05, 3.63) is 88.6 Å². The molecule has 1 aliphatic carbocycles. The molecule has 6 rings (SSSR count). The van der Waals surface area contributed by atoms with E-state index in [0.29, 0.717) is 17.8 Å². The Morgan fingerprint density at radius 3 is 2.08 bits per heavy atom. The number of benzene rings is 3. The lowest BCUT2D eigenvalue weighted by Gasteiger charge is -2.35. The van der Waals surface area contributed by atoms with Crippen LogP contribution in [0.4, 0.5) is 0 Å². The predicted octanol–water partition coefficient (Wildman–Crippen LogP) is 10.2. The van der Waals surface area contributed by atoms with Crippen molar-refractivity contribution in [2.24, 2.45) is 18.9 Å². The Morgan fingerprint density at radius 2 is 1.40 bits per heavy atom. The highest BCUT2D eigenvalue weighted by atomic mass is 16.3. The molecule has 0 amide bonds. The highest BCUT2D eigenvalue weighted by Crippen LogP contribution is 2.58. The number of pyridine rings is 1. The lowest BCUT2D eigenvalue weighted by atomic mass is 9.67. The summed E-state index contributed by atoms with van der Waals surface area (Å²) < 4.78 is 9.46. The van der Waals surface area contributed by atoms with Gasteiger partial charge in [-0.3, -0.25) is 0 Å². The van der Waals surface area contributed by atoms with Crippen LogP contribution in [0.3, 0.4) is 0 Å². The van der Waals surface area contributed by atoms with E-state index in [0.717, 1.165) is 24.0 Å². The molecule has 2 heteroatoms. The summed E-state index contributed by atoms with van der Waals surface area (Å²) in [6.07, 6.45) is 4.53. The van der Waals surface area contributed by atoms with Crippen molar-refractivity contribution in [3.8, 4) is 22.4 Å². The molecule has 206 valence electrons. The van der Waals surface area contributed by atoms with E-state index in [4.69, 9.17) is 4.42 Å². The summed E-state index contributed by atoms with van der Waals surface area (Å²) in [6.45, 7) is 18.5. The molecule has 0 N–H and O–H groups in total. The Labute approximate surface area is 240 Å². The topological polar surface area (TPSA) is 17.0 Å². The quantitative estimate of drug-likeness (QED) is 0.200. The van der Waals surface area contributed by atoms with Gasteiger partial charge in [0.1, 0.15) is 18.2 Å². The van der Waals surface area contributed by atoms with Crippen LogP contribution in [0.1, 0.15) is 88.1 Å². The van der Waals surface area contributed by atoms with Gasteiger partial charge in [0.05, 0.1) is 5.56 Å². The van der Waals surface area contributed by atoms with E-state index in [9.17, 15) is 0 Å². The van der Waals surface area contributed by atoms with Crippen LogP contribution in [0.15, 0.2) is 65.2 Å². The van der Waals surface area contributed by atoms with Gasteiger partial charge in [0.2, 0.25) is 5.69 Å². The standard InChI is InChI=1S/C38H44NO/c1-22(2)19-38(20-23(3)4)32-13-11-10-12-27(32)28-16-17-30-29-15-14-25(7)34(36(29)40-37(30)35(28)38)33-18-26(8)31(24(5)6)21-39(33)9/h10-18,21-24H,19-20H2,1-9H3/q+1. The first-order valence-electron chi connectivity index (χ1n) is 15.1. The minimum absolute atomic E-state index is 0.0585. The number of hydrogen-bond acceptors (Lipinski definition) is 1. The summed E-state index contributed by atoms with van der Waals surface area (Å²) in [5, 5.41) is 2.45. The molecule has 0 bridgehead atoms. The molecule has 0 aliphatic heterocycles. The number of nitrogens with zero attached hydrogens (tertiary/aromatic N) is 1. The van der Waals surface area contributed by atoms with Crippen molar-refractivity contribution >= 4 is 21.9 Å². The van der Waals surface area contributed by atoms with E-state index >= 15 is 0 Å². The van der Waals surface area contributed by atoms with Crippen molar-refractivity contribution in [2.75, 3.05) is 0 Å². The Hall–Kier alpha value is -3.39. The van der Waals surface area contributed by atoms with E-state index < -0.39 is 0 Å². The lowest BCUT2D eigenvalue weighted by molar-refractivity contribution is -0.660. The Bertz CT molecular complexity index is 1750. The minimum Gasteiger partial charge on any atom is -0.455 e. The molecule has 0 radical (unpaired) electrons. The highest BCUT2D eigenvalue weighted by molar-refractivity contribution is 6.12. The van der Waals surface area contributed by atoms with Crippen LogP contribution in [-0.2, 0) is 12.5 Å². The summed E-state index contributed by atoms with van der Waals surface area (Å²) >= 11 is 0. The van der Waals surface area contributed by atoms with Crippen LogP contribution < -0.4 is 4.57 Å². The zero-order valence-electron chi connectivity index (χ0n) is 25.8. The third kappa shape index (κ3) is 3.94. The summed E-state index contributed by atoms with van der Waals surface area (Å²) in [5.74, 6) is 1.62. The number of aryl methyl sites for hydroxylation is 3. The van der Waals surface area contributed by atoms with Gasteiger partial charge in [-0.25, -0.2) is 4.57 Å². The van der Waals surface area contributed by atoms with Crippen molar-refractivity contribution in [3.63, 3.8) is 0 Å². The fourth-order valence-electron chi connectivity index (χ4n) is 7.81. The van der Waals surface area contributed by atoms with E-state index in [1.165, 1.54) is 61.0 Å². The lowest BCUT2D eigenvalue weighted by Crippen LogP contribution is -2.32. The fourth-order valence-corrected chi connectivity index (χ4v) is 7.81. The zero-order valence-corrected chi connectivity index (χ0v) is 25.8. The van der Waals surface area contributed by atoms with E-state index in [1.54, 1.807) is 0 Å². The van der Waals surface area contributed by atoms with Gasteiger partial charge in [-0.1, -0.05) is 84.0 Å². The molecule has 2 nitrogen and oxygen atoms in total. The average Bonchev–Trinajstić information content (AvgIpc) is 3.38. The second kappa shape index (κ2) is 9.61. The molecular weight excluding hydrogens is 486 g/mol. The fraction of sp³-hybridized carbons (Fsp3) is 0.395. The second-order valence-corrected chi connectivity index (χ2v) is 13.5. The number of rotatable bonds is 6. The molecule has 2 aromatic heterocycles. The van der Waals surface area contributed by atoms with Gasteiger partial charge in [-0.15, -0.1) is 0 Å². The van der Waals surface area contributed by atoms with Gasteiger partial charge in [0, 0.05) is 33.4 Å². The number of fused-ring (bicyclic) bond motifs is 7. The van der Waals surface area contributed by atoms with Gasteiger partial charge in [-0.2, -0.15) is 0 Å². The Kier molecular flexibility index (Phi) is 6.44. The molecular formula is C38H44NO+. The number of hydrogen-bond donors (Lipinski definition) is 0. The first kappa shape index (κ1) is 26.8. The maximum atomic E-state index is 7.17. The van der Waals surface area contributed by atoms with Gasteiger partial charge in [-0.05, 0) is 78.3 Å². The van der Waals surface area contributed by atoms with Crippen molar-refractivity contribution < 1.29 is 8.98 Å². The van der Waals surface area contributed by atoms with Crippen LogP contribution in [0.5, 0.6) is 0 Å². The molecule has 0 atom stereocenters. The third-order valence-electron chi connectivity index (χ3n) is 9.14. The Morgan fingerprint density at radius 1 is 0.750 bits per heavy atom. The van der Waals surface area contributed by atoms with E-state index in [1.807, 2.05) is 0 Å². The molecule has 0 unspecified atom stereocenters. The summed E-state index contributed by atoms with van der Waals surface area (Å²) in [5.41, 5.74) is 14.0. The van der Waals surface area contributed by atoms with Gasteiger partial charge in [0.15, 0.2) is 6.20 Å². The maximum Gasteiger partial charge on any atom is 0.216 e. The van der Waals surface area contributed by atoms with Crippen molar-refractivity contribution in [2.45, 2.75) is 79.6 Å². The minimum atomic E-state index is -0.0585. The monoisotopic (exact) mass is 530 g/mol. The third-order valence-corrected chi connectivity index (χ3v) is 9.14. The van der Waals surface area contributed by atoms with Crippen LogP contribution >= 0.6 is 0 Å². The van der Waals surface area contributed by atoms with E-state index in [2.05, 4.69) is 128 Å². The highest BCUT2D eigenvalue weighted by Gasteiger charge is 2.46. The molecule has 0 saturated heterocycles. The molecule has 0 fully saturated rings. The van der Waals surface area contributed by atoms with Gasteiger partial charge < -0.3 is 4.42 Å². The van der Waals surface area contributed by atoms with Crippen molar-refractivity contribution in [1.82, 2.24) is 0 Å². The SMILES string of the molecule is Cc1cc(-c2c(C)ccc3c2oc2c4c(ccc23)-c2ccccc2C4(CC(C)C)CC(C)C)[n+](C)cc1C(C)C. The zero-order chi connectivity index (χ0) is 28.5. The first-order valence-corrected chi connectivity index (χ1v) is 15.1. The molecule has 40 heavy (non-hydrogen) atoms. The molecule has 1 aliphatic rings. The summed E-state index contributed by atoms with van der Waals surface area (Å²) in [6, 6.07) is 20.7. The van der Waals surface area contributed by atoms with Crippen LogP contribution in [0.25, 0.3) is 44.3 Å². The first-order chi connectivity index (χ1) is 19.0. The van der Waals surface area contributed by atoms with Crippen LogP contribution in [0.2, 0.25) is 0 Å². The van der Waals surface area contributed by atoms with Crippen LogP contribution in [0, 0.1) is 25.7 Å². The molecule has 0 spiro atoms. The Balaban J connectivity index is 1.71. The van der Waals surface area contributed by atoms with Gasteiger partial charge in [0.25, 0.3) is 0 Å². The summed E-state index contributed by atoms with van der Waals surface area (Å²) in [4.78, 5) is 0. The molecule has 2 heterocycles. The smallest absolute Gasteiger partial charge is 0.216 e. The molecule has 5 aromatic rings. The molecule has 3 aromatic carbocycles. The number of aromatic nitrogens is 1. The predicted molar refractivity (Wildman–Crippen MR) is 169 cm³/mol. The van der Waals surface area contributed by atoms with E-state index in [-0.39, 0.29) is 5.41 Å². The van der Waals surface area contributed by atoms with Crippen molar-refractivity contribution in [1.29, 1.82) is 0 Å². The van der Waals surface area contributed by atoms with Crippen LogP contribution in [-0.4, -0.2) is 0 Å². The average molecular weight is 531 g/mol. The van der Waals surface area contributed by atoms with Gasteiger partial charge >= 0.3 is 0 Å². The number of furan rings is 1. The maximum absolute atomic E-state index is 7.17. The largest absolute Gasteiger partial charge is 0.455 e. The normalized spacial score (nSPS) is 14.2.